The van der Waals surface area contributed by atoms with E-state index in [1.165, 1.54) is 0 Å². The summed E-state index contributed by atoms with van der Waals surface area (Å²) in [5, 5.41) is 0. The van der Waals surface area contributed by atoms with Crippen LogP contribution in [0, 0.1) is 24.2 Å². The molecular weight excluding hydrogens is 276 g/mol. The zero-order chi connectivity index (χ0) is 16.2. The average molecular weight is 300 g/mol. The van der Waals surface area contributed by atoms with Gasteiger partial charge in [-0.05, 0) is 48.8 Å². The van der Waals surface area contributed by atoms with E-state index in [0.717, 1.165) is 24.0 Å². The molecule has 0 aromatic heterocycles. The van der Waals surface area contributed by atoms with Gasteiger partial charge in [0.15, 0.2) is 0 Å². The van der Waals surface area contributed by atoms with E-state index in [9.17, 15) is 9.59 Å². The first kappa shape index (κ1) is 15.3. The third-order valence-corrected chi connectivity index (χ3v) is 5.75. The molecule has 2 aliphatic rings. The summed E-state index contributed by atoms with van der Waals surface area (Å²) in [7, 11) is 1.56. The van der Waals surface area contributed by atoms with Crippen LogP contribution in [-0.4, -0.2) is 18.7 Å². The molecule has 0 heterocycles. The number of ether oxygens (including phenoxy) is 1. The van der Waals surface area contributed by atoms with Crippen LogP contribution in [0.25, 0.3) is 0 Å². The molecule has 3 atom stereocenters. The largest absolute Gasteiger partial charge is 0.496 e. The lowest BCUT2D eigenvalue weighted by Crippen LogP contribution is -2.43. The summed E-state index contributed by atoms with van der Waals surface area (Å²) in [6.45, 7) is 8.42. The summed E-state index contributed by atoms with van der Waals surface area (Å²) in [4.78, 5) is 25.5. The average Bonchev–Trinajstić information content (AvgIpc) is 2.83. The fourth-order valence-corrected chi connectivity index (χ4v) is 4.61. The van der Waals surface area contributed by atoms with Crippen LogP contribution in [0.4, 0.5) is 0 Å². The Kier molecular flexibility index (Phi) is 3.42. The standard InChI is InChI=1S/C19H24O3/c1-10(2)12-6-7-19(4)16(12)13-8-11(3)9-14(22-5)15(13)17(20)18(19)21/h8-10,12,16H,6-7H2,1-5H3/t12-,16-,19-/m1/s1. The SMILES string of the molecule is COc1cc(C)cc2c1C(=O)C(=O)[C@]1(C)CC[C@H](C(C)C)[C@H]21. The quantitative estimate of drug-likeness (QED) is 0.777. The first-order valence-electron chi connectivity index (χ1n) is 8.09. The maximum Gasteiger partial charge on any atom is 0.233 e. The highest BCUT2D eigenvalue weighted by Crippen LogP contribution is 2.59. The van der Waals surface area contributed by atoms with Crippen molar-refractivity contribution in [1.29, 1.82) is 0 Å². The molecular formula is C19H24O3. The Hall–Kier alpha value is -1.64. The zero-order valence-electron chi connectivity index (χ0n) is 14.0. The number of methoxy groups -OCH3 is 1. The van der Waals surface area contributed by atoms with Crippen LogP contribution in [0.15, 0.2) is 12.1 Å². The topological polar surface area (TPSA) is 43.4 Å². The Labute approximate surface area is 132 Å². The van der Waals surface area contributed by atoms with Crippen LogP contribution < -0.4 is 4.74 Å². The molecule has 0 radical (unpaired) electrons. The fraction of sp³-hybridized carbons (Fsp3) is 0.579. The summed E-state index contributed by atoms with van der Waals surface area (Å²) in [6, 6.07) is 3.94. The first-order chi connectivity index (χ1) is 10.3. The highest BCUT2D eigenvalue weighted by molar-refractivity contribution is 6.47. The molecule has 1 fully saturated rings. The fourth-order valence-electron chi connectivity index (χ4n) is 4.61. The van der Waals surface area contributed by atoms with Crippen LogP contribution in [0.3, 0.4) is 0 Å². The van der Waals surface area contributed by atoms with Crippen LogP contribution >= 0.6 is 0 Å². The van der Waals surface area contributed by atoms with E-state index < -0.39 is 5.41 Å². The second-order valence-corrected chi connectivity index (χ2v) is 7.43. The van der Waals surface area contributed by atoms with Gasteiger partial charge in [0.2, 0.25) is 11.6 Å². The number of Topliss-reactive ketones (excluding diaryl/α,β-unsaturated/α-hetero) is 2. The Morgan fingerprint density at radius 3 is 2.55 bits per heavy atom. The smallest absolute Gasteiger partial charge is 0.233 e. The van der Waals surface area contributed by atoms with Crippen molar-refractivity contribution in [3.05, 3.63) is 28.8 Å². The molecule has 1 aromatic rings. The first-order valence-corrected chi connectivity index (χ1v) is 8.09. The minimum atomic E-state index is -0.544. The van der Waals surface area contributed by atoms with Crippen molar-refractivity contribution in [3.8, 4) is 5.75 Å². The summed E-state index contributed by atoms with van der Waals surface area (Å²) in [5.41, 5.74) is 2.07. The van der Waals surface area contributed by atoms with Crippen molar-refractivity contribution in [1.82, 2.24) is 0 Å². The number of hydrogen-bond donors (Lipinski definition) is 0. The molecule has 0 unspecified atom stereocenters. The van der Waals surface area contributed by atoms with Crippen molar-refractivity contribution in [2.45, 2.75) is 46.5 Å². The molecule has 1 aromatic carbocycles. The molecule has 3 heteroatoms. The van der Waals surface area contributed by atoms with E-state index in [4.69, 9.17) is 4.74 Å². The number of benzene rings is 1. The molecule has 22 heavy (non-hydrogen) atoms. The van der Waals surface area contributed by atoms with Gasteiger partial charge in [0.1, 0.15) is 5.75 Å². The van der Waals surface area contributed by atoms with E-state index in [1.807, 2.05) is 19.9 Å². The lowest BCUT2D eigenvalue weighted by atomic mass is 9.62. The minimum absolute atomic E-state index is 0.126. The minimum Gasteiger partial charge on any atom is -0.496 e. The van der Waals surface area contributed by atoms with Crippen LogP contribution in [0.5, 0.6) is 5.75 Å². The Balaban J connectivity index is 2.29. The lowest BCUT2D eigenvalue weighted by Gasteiger charge is -2.39. The van der Waals surface area contributed by atoms with Gasteiger partial charge in [0, 0.05) is 11.3 Å². The number of ketones is 2. The maximum absolute atomic E-state index is 12.8. The highest BCUT2D eigenvalue weighted by Gasteiger charge is 2.57. The van der Waals surface area contributed by atoms with Gasteiger partial charge in [-0.3, -0.25) is 9.59 Å². The number of hydrogen-bond acceptors (Lipinski definition) is 3. The Morgan fingerprint density at radius 1 is 1.27 bits per heavy atom. The van der Waals surface area contributed by atoms with Crippen LogP contribution in [0.1, 0.15) is 61.0 Å². The molecule has 0 aliphatic heterocycles. The van der Waals surface area contributed by atoms with E-state index in [-0.39, 0.29) is 17.5 Å². The third kappa shape index (κ3) is 1.87. The third-order valence-electron chi connectivity index (χ3n) is 5.75. The van der Waals surface area contributed by atoms with Crippen molar-refractivity contribution in [3.63, 3.8) is 0 Å². The molecule has 1 saturated carbocycles. The second kappa shape index (κ2) is 4.94. The monoisotopic (exact) mass is 300 g/mol. The molecule has 118 valence electrons. The summed E-state index contributed by atoms with van der Waals surface area (Å²) in [6.07, 6.45) is 1.81. The van der Waals surface area contributed by atoms with Gasteiger partial charge in [-0.25, -0.2) is 0 Å². The van der Waals surface area contributed by atoms with Gasteiger partial charge in [-0.15, -0.1) is 0 Å². The second-order valence-electron chi connectivity index (χ2n) is 7.43. The maximum atomic E-state index is 12.8. The normalized spacial score (nSPS) is 30.5. The van der Waals surface area contributed by atoms with Crippen molar-refractivity contribution in [2.75, 3.05) is 7.11 Å². The van der Waals surface area contributed by atoms with Crippen molar-refractivity contribution in [2.24, 2.45) is 17.3 Å². The number of carbonyl (C=O) groups is 2. The Bertz CT molecular complexity index is 659. The van der Waals surface area contributed by atoms with E-state index >= 15 is 0 Å². The highest BCUT2D eigenvalue weighted by atomic mass is 16.5. The van der Waals surface area contributed by atoms with Crippen molar-refractivity contribution >= 4 is 11.6 Å². The predicted octanol–water partition coefficient (Wildman–Crippen LogP) is 3.92. The molecule has 3 nitrogen and oxygen atoms in total. The molecule has 0 spiro atoms. The zero-order valence-corrected chi connectivity index (χ0v) is 14.0. The summed E-state index contributed by atoms with van der Waals surface area (Å²) < 4.78 is 5.42. The van der Waals surface area contributed by atoms with Gasteiger partial charge in [0.25, 0.3) is 0 Å². The number of fused-ring (bicyclic) bond motifs is 3. The van der Waals surface area contributed by atoms with Crippen LogP contribution in [0.2, 0.25) is 0 Å². The van der Waals surface area contributed by atoms with E-state index in [0.29, 0.717) is 23.1 Å². The van der Waals surface area contributed by atoms with Gasteiger partial charge < -0.3 is 4.74 Å². The predicted molar refractivity (Wildman–Crippen MR) is 85.5 cm³/mol. The molecule has 0 saturated heterocycles. The molecule has 2 aliphatic carbocycles. The summed E-state index contributed by atoms with van der Waals surface area (Å²) >= 11 is 0. The molecule has 0 N–H and O–H groups in total. The van der Waals surface area contributed by atoms with Gasteiger partial charge in [0.05, 0.1) is 12.7 Å². The molecule has 3 rings (SSSR count). The van der Waals surface area contributed by atoms with Gasteiger partial charge in [-0.2, -0.15) is 0 Å². The molecule has 0 amide bonds. The van der Waals surface area contributed by atoms with E-state index in [1.54, 1.807) is 7.11 Å². The number of carbonyl (C=O) groups excluding carboxylic acids is 2. The number of aryl methyl sites for hydroxylation is 1. The Morgan fingerprint density at radius 2 is 1.95 bits per heavy atom. The van der Waals surface area contributed by atoms with Gasteiger partial charge in [-0.1, -0.05) is 26.8 Å². The number of rotatable bonds is 2. The lowest BCUT2D eigenvalue weighted by molar-refractivity contribution is -0.124. The van der Waals surface area contributed by atoms with E-state index in [2.05, 4.69) is 19.9 Å². The molecule has 0 bridgehead atoms. The van der Waals surface area contributed by atoms with Crippen LogP contribution in [-0.2, 0) is 4.79 Å². The van der Waals surface area contributed by atoms with Crippen molar-refractivity contribution < 1.29 is 14.3 Å². The van der Waals surface area contributed by atoms with Gasteiger partial charge >= 0.3 is 0 Å². The summed E-state index contributed by atoms with van der Waals surface area (Å²) in [5.74, 6) is 1.01.